The van der Waals surface area contributed by atoms with Crippen LogP contribution in [0, 0.1) is 0 Å². The summed E-state index contributed by atoms with van der Waals surface area (Å²) in [6, 6.07) is 7.88. The SMILES string of the molecule is CC(C)c1nc2ccccc2c2nn(CC(=O)N3CCCCC3C)c(=O)n12. The maximum Gasteiger partial charge on any atom is 0.352 e. The van der Waals surface area contributed by atoms with Gasteiger partial charge in [0.05, 0.1) is 5.52 Å². The van der Waals surface area contributed by atoms with Crippen LogP contribution in [0.4, 0.5) is 0 Å². The molecule has 1 aliphatic rings. The minimum atomic E-state index is -0.301. The Morgan fingerprint density at radius 2 is 2.04 bits per heavy atom. The average molecular weight is 367 g/mol. The molecular formula is C20H25N5O2. The summed E-state index contributed by atoms with van der Waals surface area (Å²) in [5.74, 6) is 0.681. The number of likely N-dealkylation sites (tertiary alicyclic amines) is 1. The van der Waals surface area contributed by atoms with Gasteiger partial charge in [-0.3, -0.25) is 4.79 Å². The highest BCUT2D eigenvalue weighted by molar-refractivity contribution is 5.91. The number of hydrogen-bond donors (Lipinski definition) is 0. The van der Waals surface area contributed by atoms with E-state index in [9.17, 15) is 9.59 Å². The number of para-hydroxylation sites is 1. The Hall–Kier alpha value is -2.70. The van der Waals surface area contributed by atoms with Crippen LogP contribution in [-0.4, -0.2) is 42.6 Å². The molecule has 27 heavy (non-hydrogen) atoms. The molecule has 3 heterocycles. The van der Waals surface area contributed by atoms with E-state index in [1.807, 2.05) is 43.0 Å². The highest BCUT2D eigenvalue weighted by Gasteiger charge is 2.25. The van der Waals surface area contributed by atoms with Crippen molar-refractivity contribution in [3.8, 4) is 0 Å². The van der Waals surface area contributed by atoms with Crippen molar-refractivity contribution >= 4 is 22.5 Å². The lowest BCUT2D eigenvalue weighted by atomic mass is 10.0. The second-order valence-electron chi connectivity index (χ2n) is 7.67. The molecule has 0 aliphatic carbocycles. The fourth-order valence-corrected chi connectivity index (χ4v) is 3.90. The van der Waals surface area contributed by atoms with Gasteiger partial charge in [-0.25, -0.2) is 18.9 Å². The summed E-state index contributed by atoms with van der Waals surface area (Å²) in [5.41, 5.74) is 1.07. The number of carbonyl (C=O) groups excluding carboxylic acids is 1. The number of fused-ring (bicyclic) bond motifs is 3. The third kappa shape index (κ3) is 3.01. The van der Waals surface area contributed by atoms with Gasteiger partial charge in [-0.15, -0.1) is 5.10 Å². The van der Waals surface area contributed by atoms with Crippen LogP contribution in [0.25, 0.3) is 16.6 Å². The third-order valence-corrected chi connectivity index (χ3v) is 5.37. The largest absolute Gasteiger partial charge is 0.352 e. The van der Waals surface area contributed by atoms with Crippen molar-refractivity contribution < 1.29 is 4.79 Å². The van der Waals surface area contributed by atoms with E-state index >= 15 is 0 Å². The number of hydrogen-bond acceptors (Lipinski definition) is 4. The molecule has 7 nitrogen and oxygen atoms in total. The van der Waals surface area contributed by atoms with Crippen molar-refractivity contribution in [3.05, 3.63) is 40.6 Å². The number of piperidine rings is 1. The maximum absolute atomic E-state index is 13.0. The highest BCUT2D eigenvalue weighted by Crippen LogP contribution is 2.21. The van der Waals surface area contributed by atoms with Crippen molar-refractivity contribution in [3.63, 3.8) is 0 Å². The quantitative estimate of drug-likeness (QED) is 0.713. The predicted molar refractivity (Wildman–Crippen MR) is 104 cm³/mol. The molecule has 1 saturated heterocycles. The minimum Gasteiger partial charge on any atom is -0.338 e. The molecule has 0 N–H and O–H groups in total. The van der Waals surface area contributed by atoms with Gasteiger partial charge < -0.3 is 4.90 Å². The van der Waals surface area contributed by atoms with Crippen molar-refractivity contribution in [1.29, 1.82) is 0 Å². The molecule has 1 aliphatic heterocycles. The molecule has 1 atom stereocenters. The molecule has 1 aromatic carbocycles. The van der Waals surface area contributed by atoms with Crippen LogP contribution in [0.3, 0.4) is 0 Å². The van der Waals surface area contributed by atoms with E-state index in [1.54, 1.807) is 4.40 Å². The van der Waals surface area contributed by atoms with Crippen LogP contribution < -0.4 is 5.69 Å². The van der Waals surface area contributed by atoms with Gasteiger partial charge in [0.15, 0.2) is 5.65 Å². The number of aromatic nitrogens is 4. The zero-order valence-corrected chi connectivity index (χ0v) is 16.1. The van der Waals surface area contributed by atoms with Gasteiger partial charge in [-0.2, -0.15) is 0 Å². The normalized spacial score (nSPS) is 17.9. The van der Waals surface area contributed by atoms with Crippen LogP contribution in [0.2, 0.25) is 0 Å². The van der Waals surface area contributed by atoms with Gasteiger partial charge in [-0.05, 0) is 38.3 Å². The molecule has 0 saturated carbocycles. The van der Waals surface area contributed by atoms with Crippen LogP contribution in [0.1, 0.15) is 51.8 Å². The first-order chi connectivity index (χ1) is 13.0. The van der Waals surface area contributed by atoms with Gasteiger partial charge in [0.1, 0.15) is 12.4 Å². The lowest BCUT2D eigenvalue weighted by Gasteiger charge is -2.33. The van der Waals surface area contributed by atoms with E-state index in [2.05, 4.69) is 17.0 Å². The van der Waals surface area contributed by atoms with Crippen molar-refractivity contribution in [2.24, 2.45) is 0 Å². The fraction of sp³-hybridized carbons (Fsp3) is 0.500. The van der Waals surface area contributed by atoms with E-state index in [0.29, 0.717) is 11.5 Å². The lowest BCUT2D eigenvalue weighted by molar-refractivity contribution is -0.135. The monoisotopic (exact) mass is 367 g/mol. The number of nitrogens with zero attached hydrogens (tertiary/aromatic N) is 5. The number of rotatable bonds is 3. The first-order valence-corrected chi connectivity index (χ1v) is 9.65. The lowest BCUT2D eigenvalue weighted by Crippen LogP contribution is -2.44. The van der Waals surface area contributed by atoms with E-state index in [4.69, 9.17) is 0 Å². The van der Waals surface area contributed by atoms with Crippen LogP contribution in [-0.2, 0) is 11.3 Å². The summed E-state index contributed by atoms with van der Waals surface area (Å²) < 4.78 is 2.85. The Balaban J connectivity index is 1.81. The molecular weight excluding hydrogens is 342 g/mol. The topological polar surface area (TPSA) is 72.5 Å². The van der Waals surface area contributed by atoms with Gasteiger partial charge in [0.2, 0.25) is 5.91 Å². The number of carbonyl (C=O) groups is 1. The van der Waals surface area contributed by atoms with Crippen molar-refractivity contribution in [2.75, 3.05) is 6.54 Å². The van der Waals surface area contributed by atoms with Gasteiger partial charge in [-0.1, -0.05) is 26.0 Å². The molecule has 7 heteroatoms. The Morgan fingerprint density at radius 1 is 1.26 bits per heavy atom. The summed E-state index contributed by atoms with van der Waals surface area (Å²) in [4.78, 5) is 32.4. The predicted octanol–water partition coefficient (Wildman–Crippen LogP) is 2.57. The summed E-state index contributed by atoms with van der Waals surface area (Å²) in [6.45, 7) is 6.79. The second-order valence-corrected chi connectivity index (χ2v) is 7.67. The van der Waals surface area contributed by atoms with Crippen LogP contribution in [0.5, 0.6) is 0 Å². The molecule has 2 aromatic heterocycles. The molecule has 0 bridgehead atoms. The Bertz CT molecular complexity index is 1070. The van der Waals surface area contributed by atoms with Gasteiger partial charge >= 0.3 is 5.69 Å². The summed E-state index contributed by atoms with van der Waals surface area (Å²) in [6.07, 6.45) is 3.18. The standard InChI is InChI=1S/C20H25N5O2/c1-13(2)18-21-16-10-5-4-9-15(16)19-22-24(20(27)25(18)19)12-17(26)23-11-7-6-8-14(23)3/h4-5,9-10,13-14H,6-8,11-12H2,1-3H3. The zero-order valence-electron chi connectivity index (χ0n) is 16.1. The van der Waals surface area contributed by atoms with Gasteiger partial charge in [0, 0.05) is 23.9 Å². The molecule has 1 fully saturated rings. The highest BCUT2D eigenvalue weighted by atomic mass is 16.2. The molecule has 4 rings (SSSR count). The molecule has 1 unspecified atom stereocenters. The van der Waals surface area contributed by atoms with E-state index < -0.39 is 0 Å². The summed E-state index contributed by atoms with van der Waals surface area (Å²) in [5, 5.41) is 5.34. The molecule has 142 valence electrons. The minimum absolute atomic E-state index is 0.0310. The third-order valence-electron chi connectivity index (χ3n) is 5.37. The van der Waals surface area contributed by atoms with Crippen molar-refractivity contribution in [1.82, 2.24) is 24.1 Å². The Kier molecular flexibility index (Phi) is 4.45. The van der Waals surface area contributed by atoms with Crippen molar-refractivity contribution in [2.45, 2.75) is 58.5 Å². The summed E-state index contributed by atoms with van der Waals surface area (Å²) >= 11 is 0. The van der Waals surface area contributed by atoms with Gasteiger partial charge in [0.25, 0.3) is 0 Å². The molecule has 0 radical (unpaired) electrons. The van der Waals surface area contributed by atoms with Crippen LogP contribution in [0.15, 0.2) is 29.1 Å². The Labute approximate surface area is 157 Å². The molecule has 3 aromatic rings. The summed E-state index contributed by atoms with van der Waals surface area (Å²) in [7, 11) is 0. The molecule has 0 spiro atoms. The Morgan fingerprint density at radius 3 is 2.78 bits per heavy atom. The van der Waals surface area contributed by atoms with Crippen LogP contribution >= 0.6 is 0 Å². The van der Waals surface area contributed by atoms with E-state index in [0.717, 1.165) is 36.7 Å². The number of benzene rings is 1. The van der Waals surface area contributed by atoms with E-state index in [1.165, 1.54) is 4.68 Å². The first-order valence-electron chi connectivity index (χ1n) is 9.65. The average Bonchev–Trinajstić information content (AvgIpc) is 2.98. The molecule has 1 amide bonds. The maximum atomic E-state index is 13.0. The number of amides is 1. The van der Waals surface area contributed by atoms with E-state index in [-0.39, 0.29) is 30.1 Å². The zero-order chi connectivity index (χ0) is 19.1. The fourth-order valence-electron chi connectivity index (χ4n) is 3.90. The smallest absolute Gasteiger partial charge is 0.338 e. The first kappa shape index (κ1) is 17.7. The second kappa shape index (κ2) is 6.79.